The Labute approximate surface area is 152 Å². The van der Waals surface area contributed by atoms with E-state index in [1.165, 1.54) is 4.31 Å². The summed E-state index contributed by atoms with van der Waals surface area (Å²) in [6, 6.07) is -0.867. The number of halogens is 3. The molecule has 0 bridgehead atoms. The van der Waals surface area contributed by atoms with Crippen molar-refractivity contribution in [2.24, 2.45) is 0 Å². The van der Waals surface area contributed by atoms with Crippen LogP contribution in [-0.2, 0) is 20.9 Å². The van der Waals surface area contributed by atoms with E-state index < -0.39 is 27.2 Å². The molecular weight excluding hydrogens is 399 g/mol. The van der Waals surface area contributed by atoms with Crippen molar-refractivity contribution in [3.63, 3.8) is 0 Å². The van der Waals surface area contributed by atoms with Crippen LogP contribution in [0.4, 0.5) is 23.1 Å². The van der Waals surface area contributed by atoms with Gasteiger partial charge in [-0.25, -0.2) is 13.2 Å². The number of alkyl halides is 3. The fourth-order valence-electron chi connectivity index (χ4n) is 2.31. The Balaban J connectivity index is 1.81. The number of urea groups is 1. The van der Waals surface area contributed by atoms with Gasteiger partial charge in [0.2, 0.25) is 20.2 Å². The molecule has 1 fully saturated rings. The van der Waals surface area contributed by atoms with Crippen LogP contribution < -0.4 is 10.6 Å². The molecule has 1 saturated heterocycles. The molecule has 2 unspecified atom stereocenters. The molecule has 0 spiro atoms. The first-order valence-electron chi connectivity index (χ1n) is 7.56. The van der Waals surface area contributed by atoms with Crippen LogP contribution in [0.15, 0.2) is 0 Å². The molecule has 2 atom stereocenters. The molecule has 0 saturated carbocycles. The highest BCUT2D eigenvalue weighted by molar-refractivity contribution is 7.89. The van der Waals surface area contributed by atoms with Crippen LogP contribution in [0.2, 0.25) is 0 Å². The van der Waals surface area contributed by atoms with E-state index in [1.807, 2.05) is 0 Å². The van der Waals surface area contributed by atoms with E-state index in [4.69, 9.17) is 4.74 Å². The molecular formula is C12H18F3N5O4S2. The van der Waals surface area contributed by atoms with Gasteiger partial charge in [0.05, 0.1) is 18.0 Å². The number of amides is 2. The SMILES string of the molecule is CC1CN(S(=O)(=O)CCNC(=O)Nc2nnc(C(F)(F)F)s2)CC(C)O1. The molecule has 1 aliphatic heterocycles. The first-order chi connectivity index (χ1) is 12.0. The van der Waals surface area contributed by atoms with E-state index in [1.54, 1.807) is 13.8 Å². The molecule has 0 radical (unpaired) electrons. The smallest absolute Gasteiger partial charge is 0.373 e. The first-order valence-corrected chi connectivity index (χ1v) is 9.99. The number of sulfonamides is 1. The van der Waals surface area contributed by atoms with Gasteiger partial charge in [-0.3, -0.25) is 5.32 Å². The number of ether oxygens (including phenoxy) is 1. The molecule has 2 amide bonds. The lowest BCUT2D eigenvalue weighted by Gasteiger charge is -2.34. The highest BCUT2D eigenvalue weighted by atomic mass is 32.2. The molecule has 9 nitrogen and oxygen atoms in total. The van der Waals surface area contributed by atoms with Gasteiger partial charge in [0.25, 0.3) is 0 Å². The van der Waals surface area contributed by atoms with E-state index in [-0.39, 0.29) is 54.1 Å². The molecule has 0 aliphatic carbocycles. The summed E-state index contributed by atoms with van der Waals surface area (Å²) in [5, 5.41) is 8.95. The predicted molar refractivity (Wildman–Crippen MR) is 87.3 cm³/mol. The molecule has 14 heteroatoms. The van der Waals surface area contributed by atoms with Gasteiger partial charge in [0, 0.05) is 19.6 Å². The van der Waals surface area contributed by atoms with Gasteiger partial charge in [-0.15, -0.1) is 10.2 Å². The van der Waals surface area contributed by atoms with Gasteiger partial charge >= 0.3 is 12.2 Å². The molecule has 1 aromatic heterocycles. The zero-order valence-electron chi connectivity index (χ0n) is 13.9. The topological polar surface area (TPSA) is 114 Å². The molecule has 2 N–H and O–H groups in total. The van der Waals surface area contributed by atoms with Crippen LogP contribution in [0.3, 0.4) is 0 Å². The second-order valence-electron chi connectivity index (χ2n) is 5.68. The number of rotatable bonds is 5. The number of aromatic nitrogens is 2. The van der Waals surface area contributed by atoms with Gasteiger partial charge in [0.1, 0.15) is 0 Å². The van der Waals surface area contributed by atoms with Gasteiger partial charge in [-0.2, -0.15) is 17.5 Å². The second-order valence-corrected chi connectivity index (χ2v) is 8.75. The minimum Gasteiger partial charge on any atom is -0.373 e. The van der Waals surface area contributed by atoms with Gasteiger partial charge in [0.15, 0.2) is 0 Å². The van der Waals surface area contributed by atoms with Crippen molar-refractivity contribution in [2.45, 2.75) is 32.2 Å². The van der Waals surface area contributed by atoms with Crippen molar-refractivity contribution >= 4 is 32.5 Å². The highest BCUT2D eigenvalue weighted by Gasteiger charge is 2.36. The van der Waals surface area contributed by atoms with Crippen LogP contribution >= 0.6 is 11.3 Å². The molecule has 148 valence electrons. The Morgan fingerprint density at radius 3 is 2.46 bits per heavy atom. The molecule has 0 aromatic carbocycles. The van der Waals surface area contributed by atoms with E-state index in [2.05, 4.69) is 20.8 Å². The van der Waals surface area contributed by atoms with Gasteiger partial charge < -0.3 is 10.1 Å². The Morgan fingerprint density at radius 2 is 1.92 bits per heavy atom. The van der Waals surface area contributed by atoms with Crippen LogP contribution in [0, 0.1) is 0 Å². The van der Waals surface area contributed by atoms with E-state index in [9.17, 15) is 26.4 Å². The predicted octanol–water partition coefficient (Wildman–Crippen LogP) is 1.12. The molecule has 1 aliphatic rings. The lowest BCUT2D eigenvalue weighted by molar-refractivity contribution is -0.138. The lowest BCUT2D eigenvalue weighted by Crippen LogP contribution is -2.49. The number of nitrogens with one attached hydrogen (secondary N) is 2. The Hall–Kier alpha value is -1.51. The van der Waals surface area contributed by atoms with Crippen LogP contribution in [0.5, 0.6) is 0 Å². The Morgan fingerprint density at radius 1 is 1.31 bits per heavy atom. The van der Waals surface area contributed by atoms with Gasteiger partial charge in [-0.1, -0.05) is 11.3 Å². The highest BCUT2D eigenvalue weighted by Crippen LogP contribution is 2.32. The second kappa shape index (κ2) is 8.02. The number of nitrogens with zero attached hydrogens (tertiary/aromatic N) is 3. The molecule has 26 heavy (non-hydrogen) atoms. The lowest BCUT2D eigenvalue weighted by atomic mass is 10.3. The zero-order valence-corrected chi connectivity index (χ0v) is 15.5. The number of carbonyl (C=O) groups is 1. The van der Waals surface area contributed by atoms with E-state index in [0.717, 1.165) is 0 Å². The maximum atomic E-state index is 12.4. The largest absolute Gasteiger partial charge is 0.445 e. The summed E-state index contributed by atoms with van der Waals surface area (Å²) in [6.45, 7) is 3.77. The van der Waals surface area contributed by atoms with Crippen LogP contribution in [0.1, 0.15) is 18.9 Å². The van der Waals surface area contributed by atoms with Crippen LogP contribution in [-0.4, -0.2) is 66.5 Å². The number of morpholine rings is 1. The summed E-state index contributed by atoms with van der Waals surface area (Å²) in [5.41, 5.74) is 0. The molecule has 2 rings (SSSR count). The van der Waals surface area contributed by atoms with E-state index in [0.29, 0.717) is 0 Å². The zero-order chi connectivity index (χ0) is 19.5. The van der Waals surface area contributed by atoms with E-state index >= 15 is 0 Å². The summed E-state index contributed by atoms with van der Waals surface area (Å²) in [5.74, 6) is -0.343. The third-order valence-corrected chi connectivity index (χ3v) is 6.00. The minimum absolute atomic E-state index is 0.171. The van der Waals surface area contributed by atoms with Crippen molar-refractivity contribution < 1.29 is 31.1 Å². The van der Waals surface area contributed by atoms with Crippen molar-refractivity contribution in [2.75, 3.05) is 30.7 Å². The monoisotopic (exact) mass is 417 g/mol. The number of hydrogen-bond donors (Lipinski definition) is 2. The normalized spacial score (nSPS) is 22.2. The summed E-state index contributed by atoms with van der Waals surface area (Å²) in [7, 11) is -3.60. The summed E-state index contributed by atoms with van der Waals surface area (Å²) >= 11 is 0.171. The summed E-state index contributed by atoms with van der Waals surface area (Å²) in [6.07, 6.45) is -5.11. The third-order valence-electron chi connectivity index (χ3n) is 3.31. The molecule has 2 heterocycles. The fraction of sp³-hybridized carbons (Fsp3) is 0.750. The maximum Gasteiger partial charge on any atom is 0.445 e. The van der Waals surface area contributed by atoms with Crippen molar-refractivity contribution in [1.82, 2.24) is 19.8 Å². The van der Waals surface area contributed by atoms with Crippen LogP contribution in [0.25, 0.3) is 0 Å². The van der Waals surface area contributed by atoms with Crippen molar-refractivity contribution in [3.05, 3.63) is 5.01 Å². The average Bonchev–Trinajstić information content (AvgIpc) is 2.94. The standard InChI is InChI=1S/C12H18F3N5O4S2/c1-7-5-20(6-8(2)24-7)26(22,23)4-3-16-10(21)17-11-19-18-9(25-11)12(13,14)15/h7-8H,3-6H2,1-2H3,(H2,16,17,19,21). The summed E-state index contributed by atoms with van der Waals surface area (Å²) in [4.78, 5) is 11.6. The first kappa shape index (κ1) is 20.8. The number of carbonyl (C=O) groups excluding carboxylic acids is 1. The quantitative estimate of drug-likeness (QED) is 0.742. The molecule has 1 aromatic rings. The Kier molecular flexibility index (Phi) is 6.42. The maximum absolute atomic E-state index is 12.4. The van der Waals surface area contributed by atoms with Crippen molar-refractivity contribution in [3.8, 4) is 0 Å². The fourth-order valence-corrected chi connectivity index (χ4v) is 4.41. The summed E-state index contributed by atoms with van der Waals surface area (Å²) < 4.78 is 68.5. The average molecular weight is 417 g/mol. The number of anilines is 1. The minimum atomic E-state index is -4.64. The van der Waals surface area contributed by atoms with Gasteiger partial charge in [-0.05, 0) is 13.8 Å². The van der Waals surface area contributed by atoms with Crippen molar-refractivity contribution in [1.29, 1.82) is 0 Å². The number of hydrogen-bond acceptors (Lipinski definition) is 7. The third kappa shape index (κ3) is 5.75. The Bertz CT molecular complexity index is 729.